The highest BCUT2D eigenvalue weighted by Gasteiger charge is 2.22. The molecule has 0 aliphatic heterocycles. The lowest BCUT2D eigenvalue weighted by atomic mass is 10.2. The molecule has 0 radical (unpaired) electrons. The van der Waals surface area contributed by atoms with Crippen molar-refractivity contribution in [2.45, 2.75) is 18.9 Å². The maximum Gasteiger partial charge on any atom is 0.239 e. The van der Waals surface area contributed by atoms with E-state index in [4.69, 9.17) is 11.6 Å². The highest BCUT2D eigenvalue weighted by molar-refractivity contribution is 6.35. The van der Waals surface area contributed by atoms with E-state index in [1.807, 2.05) is 24.3 Å². The minimum absolute atomic E-state index is 0.0153. The molecule has 1 aromatic carbocycles. The van der Waals surface area contributed by atoms with Crippen molar-refractivity contribution < 1.29 is 4.79 Å². The molecular formula is C14H14ClN3O. The van der Waals surface area contributed by atoms with Gasteiger partial charge in [-0.1, -0.05) is 11.6 Å². The molecule has 2 N–H and O–H groups in total. The van der Waals surface area contributed by atoms with Crippen LogP contribution < -0.4 is 10.6 Å². The number of pyridine rings is 1. The van der Waals surface area contributed by atoms with Crippen molar-refractivity contribution in [1.82, 2.24) is 10.3 Å². The lowest BCUT2D eigenvalue weighted by Gasteiger charge is -2.10. The van der Waals surface area contributed by atoms with Gasteiger partial charge in [-0.05, 0) is 37.1 Å². The summed E-state index contributed by atoms with van der Waals surface area (Å²) in [5, 5.41) is 7.60. The first kappa shape index (κ1) is 12.2. The summed E-state index contributed by atoms with van der Waals surface area (Å²) in [6.07, 6.45) is 3.91. The average molecular weight is 276 g/mol. The van der Waals surface area contributed by atoms with Crippen molar-refractivity contribution in [3.63, 3.8) is 0 Å². The molecule has 0 bridgehead atoms. The van der Waals surface area contributed by atoms with Crippen molar-refractivity contribution in [2.24, 2.45) is 0 Å². The number of amides is 1. The lowest BCUT2D eigenvalue weighted by molar-refractivity contribution is -0.119. The van der Waals surface area contributed by atoms with Gasteiger partial charge >= 0.3 is 0 Å². The number of nitrogens with zero attached hydrogens (tertiary/aromatic N) is 1. The summed E-state index contributed by atoms with van der Waals surface area (Å²) < 4.78 is 0. The molecule has 19 heavy (non-hydrogen) atoms. The number of fused-ring (bicyclic) bond motifs is 1. The van der Waals surface area contributed by atoms with Crippen molar-refractivity contribution in [2.75, 3.05) is 11.9 Å². The highest BCUT2D eigenvalue weighted by atomic mass is 35.5. The maximum absolute atomic E-state index is 11.6. The number of benzene rings is 1. The molecule has 0 spiro atoms. The highest BCUT2D eigenvalue weighted by Crippen LogP contribution is 2.27. The molecule has 1 saturated carbocycles. The summed E-state index contributed by atoms with van der Waals surface area (Å²) in [5.74, 6) is 0.0153. The number of nitrogens with one attached hydrogen (secondary N) is 2. The van der Waals surface area contributed by atoms with Gasteiger partial charge in [-0.2, -0.15) is 0 Å². The Morgan fingerprint density at radius 2 is 2.21 bits per heavy atom. The van der Waals surface area contributed by atoms with Crippen LogP contribution in [0.5, 0.6) is 0 Å². The second kappa shape index (κ2) is 5.05. The second-order valence-electron chi connectivity index (χ2n) is 4.69. The molecule has 4 nitrogen and oxygen atoms in total. The third kappa shape index (κ3) is 2.79. The van der Waals surface area contributed by atoms with Gasteiger partial charge in [0.1, 0.15) is 0 Å². The van der Waals surface area contributed by atoms with Crippen LogP contribution in [0.1, 0.15) is 12.8 Å². The predicted molar refractivity (Wildman–Crippen MR) is 76.4 cm³/mol. The van der Waals surface area contributed by atoms with E-state index in [1.165, 1.54) is 0 Å². The van der Waals surface area contributed by atoms with Crippen LogP contribution in [0.2, 0.25) is 5.02 Å². The third-order valence-electron chi connectivity index (χ3n) is 3.10. The van der Waals surface area contributed by atoms with Crippen LogP contribution in [0.4, 0.5) is 5.69 Å². The number of halogens is 1. The quantitative estimate of drug-likeness (QED) is 0.902. The molecule has 3 rings (SSSR count). The monoisotopic (exact) mass is 275 g/mol. The second-order valence-corrected chi connectivity index (χ2v) is 5.10. The molecule has 1 heterocycles. The number of anilines is 1. The minimum Gasteiger partial charge on any atom is -0.374 e. The first-order chi connectivity index (χ1) is 9.24. The third-order valence-corrected chi connectivity index (χ3v) is 3.43. The van der Waals surface area contributed by atoms with Gasteiger partial charge in [-0.25, -0.2) is 0 Å². The summed E-state index contributed by atoms with van der Waals surface area (Å²) in [6, 6.07) is 7.81. The number of carbonyl (C=O) groups is 1. The normalized spacial score (nSPS) is 14.4. The first-order valence-corrected chi connectivity index (χ1v) is 6.68. The first-order valence-electron chi connectivity index (χ1n) is 6.30. The largest absolute Gasteiger partial charge is 0.374 e. The van der Waals surface area contributed by atoms with Crippen LogP contribution in [-0.4, -0.2) is 23.5 Å². The maximum atomic E-state index is 11.6. The van der Waals surface area contributed by atoms with E-state index in [2.05, 4.69) is 15.6 Å². The molecule has 98 valence electrons. The molecule has 1 aliphatic rings. The Balaban J connectivity index is 1.76. The number of aromatic nitrogens is 1. The summed E-state index contributed by atoms with van der Waals surface area (Å²) >= 11 is 6.12. The van der Waals surface area contributed by atoms with Gasteiger partial charge in [0.2, 0.25) is 5.91 Å². The number of hydrogen-bond acceptors (Lipinski definition) is 3. The van der Waals surface area contributed by atoms with E-state index < -0.39 is 0 Å². The Bertz CT molecular complexity index is 625. The van der Waals surface area contributed by atoms with Crippen LogP contribution in [-0.2, 0) is 4.79 Å². The van der Waals surface area contributed by atoms with Gasteiger partial charge in [-0.15, -0.1) is 0 Å². The van der Waals surface area contributed by atoms with Crippen LogP contribution in [0.25, 0.3) is 10.9 Å². The summed E-state index contributed by atoms with van der Waals surface area (Å²) in [5.41, 5.74) is 1.61. The van der Waals surface area contributed by atoms with Crippen molar-refractivity contribution in [3.05, 3.63) is 35.5 Å². The van der Waals surface area contributed by atoms with E-state index >= 15 is 0 Å². The van der Waals surface area contributed by atoms with Crippen LogP contribution in [0, 0.1) is 0 Å². The van der Waals surface area contributed by atoms with Gasteiger partial charge in [0.25, 0.3) is 0 Å². The van der Waals surface area contributed by atoms with E-state index in [9.17, 15) is 4.79 Å². The zero-order valence-electron chi connectivity index (χ0n) is 10.3. The topological polar surface area (TPSA) is 54.0 Å². The lowest BCUT2D eigenvalue weighted by Crippen LogP contribution is -2.31. The molecule has 1 amide bonds. The zero-order chi connectivity index (χ0) is 13.2. The molecule has 2 aromatic rings. The predicted octanol–water partition coefficient (Wildman–Crippen LogP) is 2.58. The minimum atomic E-state index is 0.0153. The summed E-state index contributed by atoms with van der Waals surface area (Å²) in [7, 11) is 0. The smallest absolute Gasteiger partial charge is 0.239 e. The summed E-state index contributed by atoms with van der Waals surface area (Å²) in [4.78, 5) is 16.0. The Kier molecular flexibility index (Phi) is 3.25. The summed E-state index contributed by atoms with van der Waals surface area (Å²) in [6.45, 7) is 0.254. The number of rotatable bonds is 4. The van der Waals surface area contributed by atoms with Gasteiger partial charge < -0.3 is 10.6 Å². The van der Waals surface area contributed by atoms with Crippen LogP contribution >= 0.6 is 11.6 Å². The van der Waals surface area contributed by atoms with Gasteiger partial charge in [0.05, 0.1) is 22.8 Å². The fourth-order valence-corrected chi connectivity index (χ4v) is 2.18. The molecular weight excluding hydrogens is 262 g/mol. The Labute approximate surface area is 116 Å². The van der Waals surface area contributed by atoms with Crippen LogP contribution in [0.3, 0.4) is 0 Å². The number of carbonyl (C=O) groups excluding carboxylic acids is 1. The van der Waals surface area contributed by atoms with Gasteiger partial charge in [-0.3, -0.25) is 9.78 Å². The van der Waals surface area contributed by atoms with Crippen molar-refractivity contribution in [1.29, 1.82) is 0 Å². The van der Waals surface area contributed by atoms with Gasteiger partial charge in [0.15, 0.2) is 0 Å². The molecule has 0 unspecified atom stereocenters. The zero-order valence-corrected chi connectivity index (χ0v) is 11.1. The van der Waals surface area contributed by atoms with Crippen molar-refractivity contribution >= 4 is 34.1 Å². The molecule has 1 aliphatic carbocycles. The van der Waals surface area contributed by atoms with E-state index in [0.717, 1.165) is 29.4 Å². The average Bonchev–Trinajstić information content (AvgIpc) is 3.22. The fourth-order valence-electron chi connectivity index (χ4n) is 1.96. The Morgan fingerprint density at radius 1 is 1.37 bits per heavy atom. The number of hydrogen-bond donors (Lipinski definition) is 2. The molecule has 0 saturated heterocycles. The fraction of sp³-hybridized carbons (Fsp3) is 0.286. The molecule has 1 fully saturated rings. The molecule has 1 aromatic heterocycles. The molecule has 5 heteroatoms. The van der Waals surface area contributed by atoms with E-state index in [-0.39, 0.29) is 12.5 Å². The Morgan fingerprint density at radius 3 is 3.00 bits per heavy atom. The van der Waals surface area contributed by atoms with Crippen molar-refractivity contribution in [3.8, 4) is 0 Å². The van der Waals surface area contributed by atoms with Crippen LogP contribution in [0.15, 0.2) is 30.5 Å². The van der Waals surface area contributed by atoms with E-state index in [1.54, 1.807) is 6.20 Å². The van der Waals surface area contributed by atoms with Gasteiger partial charge in [0, 0.05) is 17.6 Å². The molecule has 0 atom stereocenters. The van der Waals surface area contributed by atoms with E-state index in [0.29, 0.717) is 11.1 Å². The standard InChI is InChI=1S/C14H14ClN3O/c15-11-5-6-12(14-10(11)2-1-7-16-14)17-8-13(19)18-9-3-4-9/h1-2,5-7,9,17H,3-4,8H2,(H,18,19). The Hall–Kier alpha value is -1.81. The SMILES string of the molecule is O=C(CNc1ccc(Cl)c2cccnc12)NC1CC1.